The smallest absolute Gasteiger partial charge is 0.344 e. The Morgan fingerprint density at radius 3 is 2.38 bits per heavy atom. The fourth-order valence-electron chi connectivity index (χ4n) is 4.11. The zero-order valence-electron chi connectivity index (χ0n) is 17.9. The molecule has 5 rings (SSSR count). The first-order valence-corrected chi connectivity index (χ1v) is 10.8. The van der Waals surface area contributed by atoms with Gasteiger partial charge in [-0.25, -0.2) is 9.59 Å². The van der Waals surface area contributed by atoms with Crippen LogP contribution in [0, 0.1) is 0 Å². The van der Waals surface area contributed by atoms with Gasteiger partial charge in [0, 0.05) is 10.7 Å². The molecule has 2 atom stereocenters. The number of carbonyl (C=O) groups is 2. The summed E-state index contributed by atoms with van der Waals surface area (Å²) >= 11 is 5.94. The minimum absolute atomic E-state index is 0.251. The topological polar surface area (TPSA) is 94.8 Å². The summed E-state index contributed by atoms with van der Waals surface area (Å²) in [6, 6.07) is 20.2. The Hall–Kier alpha value is -4.10. The van der Waals surface area contributed by atoms with Crippen LogP contribution in [-0.2, 0) is 9.53 Å². The number of hydrogen-bond donors (Lipinski definition) is 1. The predicted molar refractivity (Wildman–Crippen MR) is 127 cm³/mol. The van der Waals surface area contributed by atoms with Crippen molar-refractivity contribution in [1.29, 1.82) is 0 Å². The van der Waals surface area contributed by atoms with E-state index < -0.39 is 29.5 Å². The van der Waals surface area contributed by atoms with Gasteiger partial charge in [-0.15, -0.1) is 0 Å². The standard InChI is InChI=1S/C26H18ClNO6/c1-32-25(30)15-8-6-14(7-9-15)20-21-22(18-4-2-3-5-19(18)33-26(21)31)34-23(20)24(29)28-17-12-10-16(27)11-13-17/h2-13,20,23H,1H3,(H,28,29)/t20-,23-/m1/s1. The number of rotatable bonds is 4. The van der Waals surface area contributed by atoms with Gasteiger partial charge in [0.25, 0.3) is 5.91 Å². The first kappa shape index (κ1) is 21.7. The van der Waals surface area contributed by atoms with Crippen molar-refractivity contribution in [3.8, 4) is 5.75 Å². The monoisotopic (exact) mass is 475 g/mol. The number of methoxy groups -OCH3 is 1. The molecule has 34 heavy (non-hydrogen) atoms. The average molecular weight is 476 g/mol. The van der Waals surface area contributed by atoms with Crippen molar-refractivity contribution in [2.45, 2.75) is 12.0 Å². The number of nitrogens with one attached hydrogen (secondary N) is 1. The highest BCUT2D eigenvalue weighted by Crippen LogP contribution is 2.44. The van der Waals surface area contributed by atoms with Crippen LogP contribution < -0.4 is 15.7 Å². The van der Waals surface area contributed by atoms with Gasteiger partial charge < -0.3 is 19.2 Å². The summed E-state index contributed by atoms with van der Waals surface area (Å²) in [5, 5.41) is 3.95. The quantitative estimate of drug-likeness (QED) is 0.337. The Kier molecular flexibility index (Phi) is 5.55. The Morgan fingerprint density at radius 1 is 0.971 bits per heavy atom. The normalized spacial score (nSPS) is 16.5. The highest BCUT2D eigenvalue weighted by atomic mass is 35.5. The number of esters is 1. The molecule has 3 aromatic carbocycles. The third-order valence-electron chi connectivity index (χ3n) is 5.72. The summed E-state index contributed by atoms with van der Waals surface area (Å²) in [6.07, 6.45) is -1.05. The summed E-state index contributed by atoms with van der Waals surface area (Å²) in [7, 11) is 1.30. The lowest BCUT2D eigenvalue weighted by atomic mass is 9.87. The van der Waals surface area contributed by atoms with Crippen LogP contribution >= 0.6 is 11.6 Å². The van der Waals surface area contributed by atoms with Crippen molar-refractivity contribution < 1.29 is 23.5 Å². The molecule has 4 aromatic rings. The fraction of sp³-hybridized carbons (Fsp3) is 0.115. The summed E-state index contributed by atoms with van der Waals surface area (Å²) in [5.41, 5.74) is 1.53. The SMILES string of the molecule is COC(=O)c1ccc([C@@H]2c3c(c4ccccc4oc3=O)O[C@H]2C(=O)Nc2ccc(Cl)cc2)cc1. The first-order valence-electron chi connectivity index (χ1n) is 10.4. The van der Waals surface area contributed by atoms with Gasteiger partial charge in [-0.3, -0.25) is 4.79 Å². The third kappa shape index (κ3) is 3.80. The number of ether oxygens (including phenoxy) is 2. The lowest BCUT2D eigenvalue weighted by Crippen LogP contribution is -2.35. The van der Waals surface area contributed by atoms with Crippen LogP contribution in [0.2, 0.25) is 5.02 Å². The molecule has 0 radical (unpaired) electrons. The Morgan fingerprint density at radius 2 is 1.68 bits per heavy atom. The molecule has 0 saturated carbocycles. The van der Waals surface area contributed by atoms with Crippen LogP contribution in [0.5, 0.6) is 5.75 Å². The van der Waals surface area contributed by atoms with E-state index in [9.17, 15) is 14.4 Å². The maximum absolute atomic E-state index is 13.3. The van der Waals surface area contributed by atoms with E-state index in [0.29, 0.717) is 38.6 Å². The van der Waals surface area contributed by atoms with E-state index in [1.54, 1.807) is 72.8 Å². The van der Waals surface area contributed by atoms with Crippen LogP contribution in [0.15, 0.2) is 82.0 Å². The van der Waals surface area contributed by atoms with E-state index in [4.69, 9.17) is 25.5 Å². The molecule has 170 valence electrons. The average Bonchev–Trinajstić information content (AvgIpc) is 3.27. The molecule has 1 aliphatic rings. The van der Waals surface area contributed by atoms with Gasteiger partial charge in [0.1, 0.15) is 11.3 Å². The minimum Gasteiger partial charge on any atom is -0.478 e. The molecular weight excluding hydrogens is 458 g/mol. The predicted octanol–water partition coefficient (Wildman–Crippen LogP) is 4.76. The lowest BCUT2D eigenvalue weighted by molar-refractivity contribution is -0.122. The van der Waals surface area contributed by atoms with Gasteiger partial charge >= 0.3 is 11.6 Å². The van der Waals surface area contributed by atoms with Crippen LogP contribution in [0.4, 0.5) is 5.69 Å². The Bertz CT molecular complexity index is 1460. The van der Waals surface area contributed by atoms with E-state index in [1.165, 1.54) is 7.11 Å². The molecule has 0 saturated heterocycles. The lowest BCUT2D eigenvalue weighted by Gasteiger charge is -2.19. The highest BCUT2D eigenvalue weighted by Gasteiger charge is 2.44. The Balaban J connectivity index is 1.60. The molecule has 0 fully saturated rings. The second-order valence-corrected chi connectivity index (χ2v) is 8.19. The molecule has 1 amide bonds. The van der Waals surface area contributed by atoms with E-state index in [2.05, 4.69) is 5.32 Å². The van der Waals surface area contributed by atoms with Crippen LogP contribution in [-0.4, -0.2) is 25.1 Å². The number of halogens is 1. The minimum atomic E-state index is -1.05. The van der Waals surface area contributed by atoms with Crippen molar-refractivity contribution in [3.05, 3.63) is 105 Å². The molecule has 7 nitrogen and oxygen atoms in total. The summed E-state index contributed by atoms with van der Waals surface area (Å²) in [5.74, 6) is -1.37. The number of hydrogen-bond acceptors (Lipinski definition) is 6. The zero-order valence-corrected chi connectivity index (χ0v) is 18.7. The van der Waals surface area contributed by atoms with Gasteiger partial charge in [-0.2, -0.15) is 0 Å². The number of fused-ring (bicyclic) bond motifs is 3. The van der Waals surface area contributed by atoms with Gasteiger partial charge in [0.2, 0.25) is 0 Å². The number of benzene rings is 3. The third-order valence-corrected chi connectivity index (χ3v) is 5.97. The van der Waals surface area contributed by atoms with E-state index in [0.717, 1.165) is 0 Å². The zero-order chi connectivity index (χ0) is 23.8. The maximum Gasteiger partial charge on any atom is 0.344 e. The second-order valence-electron chi connectivity index (χ2n) is 7.75. The summed E-state index contributed by atoms with van der Waals surface area (Å²) < 4.78 is 16.4. The van der Waals surface area contributed by atoms with Gasteiger partial charge in [-0.1, -0.05) is 35.9 Å². The van der Waals surface area contributed by atoms with Crippen molar-refractivity contribution in [2.75, 3.05) is 12.4 Å². The molecule has 1 N–H and O–H groups in total. The van der Waals surface area contributed by atoms with Crippen molar-refractivity contribution in [2.24, 2.45) is 0 Å². The van der Waals surface area contributed by atoms with Crippen LogP contribution in [0.1, 0.15) is 27.4 Å². The number of carbonyl (C=O) groups excluding carboxylic acids is 2. The van der Waals surface area contributed by atoms with Gasteiger partial charge in [0.15, 0.2) is 6.10 Å². The van der Waals surface area contributed by atoms with Gasteiger partial charge in [-0.05, 0) is 54.1 Å². The number of anilines is 1. The van der Waals surface area contributed by atoms with Crippen molar-refractivity contribution in [3.63, 3.8) is 0 Å². The molecule has 0 bridgehead atoms. The molecule has 1 aromatic heterocycles. The summed E-state index contributed by atoms with van der Waals surface area (Å²) in [6.45, 7) is 0. The Labute approximate surface area is 198 Å². The van der Waals surface area contributed by atoms with Crippen LogP contribution in [0.25, 0.3) is 11.0 Å². The van der Waals surface area contributed by atoms with Gasteiger partial charge in [0.05, 0.1) is 29.5 Å². The first-order chi connectivity index (χ1) is 16.5. The molecule has 8 heteroatoms. The van der Waals surface area contributed by atoms with E-state index in [-0.39, 0.29) is 5.56 Å². The molecule has 1 aliphatic heterocycles. The maximum atomic E-state index is 13.3. The largest absolute Gasteiger partial charge is 0.478 e. The fourth-order valence-corrected chi connectivity index (χ4v) is 4.24. The molecule has 0 unspecified atom stereocenters. The van der Waals surface area contributed by atoms with E-state index >= 15 is 0 Å². The van der Waals surface area contributed by atoms with E-state index in [1.807, 2.05) is 0 Å². The van der Waals surface area contributed by atoms with Crippen molar-refractivity contribution in [1.82, 2.24) is 0 Å². The molecule has 2 heterocycles. The second kappa shape index (κ2) is 8.68. The summed E-state index contributed by atoms with van der Waals surface area (Å²) in [4.78, 5) is 38.2. The highest BCUT2D eigenvalue weighted by molar-refractivity contribution is 6.30. The van der Waals surface area contributed by atoms with Crippen molar-refractivity contribution >= 4 is 40.1 Å². The van der Waals surface area contributed by atoms with Crippen LogP contribution in [0.3, 0.4) is 0 Å². The molecular formula is C26H18ClNO6. The molecule has 0 spiro atoms. The number of amides is 1. The number of para-hydroxylation sites is 1. The molecule has 0 aliphatic carbocycles.